The Kier molecular flexibility index (Phi) is 7.48. The maximum absolute atomic E-state index is 12.8. The molecule has 170 valence electrons. The van der Waals surface area contributed by atoms with Gasteiger partial charge < -0.3 is 10.1 Å². The molecule has 4 rings (SSSR count). The third kappa shape index (κ3) is 5.57. The van der Waals surface area contributed by atoms with Crippen LogP contribution in [0.25, 0.3) is 22.5 Å². The molecule has 0 aliphatic carbocycles. The number of benzene rings is 2. The van der Waals surface area contributed by atoms with Crippen LogP contribution >= 0.6 is 34.7 Å². The van der Waals surface area contributed by atoms with Crippen molar-refractivity contribution in [3.63, 3.8) is 0 Å². The summed E-state index contributed by atoms with van der Waals surface area (Å²) in [5.41, 5.74) is 3.70. The van der Waals surface area contributed by atoms with Crippen molar-refractivity contribution in [3.8, 4) is 34.3 Å². The van der Waals surface area contributed by atoms with Gasteiger partial charge in [0.05, 0.1) is 29.3 Å². The largest absolute Gasteiger partial charge is 0.497 e. The van der Waals surface area contributed by atoms with Gasteiger partial charge in [-0.15, -0.1) is 11.3 Å². The number of methoxy groups -OCH3 is 1. The van der Waals surface area contributed by atoms with Gasteiger partial charge in [-0.2, -0.15) is 5.26 Å². The van der Waals surface area contributed by atoms with E-state index in [0.717, 1.165) is 22.6 Å². The second-order valence-electron chi connectivity index (χ2n) is 7.18. The van der Waals surface area contributed by atoms with E-state index in [2.05, 4.69) is 21.4 Å². The van der Waals surface area contributed by atoms with E-state index in [-0.39, 0.29) is 5.91 Å². The first-order valence-electron chi connectivity index (χ1n) is 10.2. The Balaban J connectivity index is 1.46. The molecule has 0 aliphatic heterocycles. The zero-order chi connectivity index (χ0) is 24.1. The fourth-order valence-electron chi connectivity index (χ4n) is 3.05. The highest BCUT2D eigenvalue weighted by atomic mass is 35.5. The van der Waals surface area contributed by atoms with Crippen LogP contribution in [0, 0.1) is 11.3 Å². The first kappa shape index (κ1) is 23.8. The predicted octanol–water partition coefficient (Wildman–Crippen LogP) is 6.53. The Hall–Kier alpha value is -3.38. The molecule has 1 atom stereocenters. The summed E-state index contributed by atoms with van der Waals surface area (Å²) < 4.78 is 5.18. The van der Waals surface area contributed by atoms with Gasteiger partial charge in [0.25, 0.3) is 0 Å². The number of amides is 1. The van der Waals surface area contributed by atoms with E-state index in [1.54, 1.807) is 38.3 Å². The van der Waals surface area contributed by atoms with Crippen molar-refractivity contribution in [2.75, 3.05) is 12.4 Å². The molecule has 4 aromatic rings. The van der Waals surface area contributed by atoms with Crippen LogP contribution in [0.15, 0.2) is 71.1 Å². The number of hydrogen-bond acceptors (Lipinski definition) is 7. The maximum atomic E-state index is 12.8. The molecule has 2 heterocycles. The Morgan fingerprint density at radius 1 is 1.06 bits per heavy atom. The van der Waals surface area contributed by atoms with Gasteiger partial charge in [0.1, 0.15) is 16.8 Å². The van der Waals surface area contributed by atoms with Gasteiger partial charge >= 0.3 is 0 Å². The number of aromatic nitrogens is 2. The van der Waals surface area contributed by atoms with Crippen molar-refractivity contribution in [3.05, 3.63) is 76.6 Å². The van der Waals surface area contributed by atoms with E-state index in [0.29, 0.717) is 26.4 Å². The van der Waals surface area contributed by atoms with Crippen LogP contribution in [-0.4, -0.2) is 28.2 Å². The summed E-state index contributed by atoms with van der Waals surface area (Å²) in [5.74, 6) is 0.548. The van der Waals surface area contributed by atoms with E-state index in [4.69, 9.17) is 16.3 Å². The fourth-order valence-corrected chi connectivity index (χ4v) is 4.79. The first-order chi connectivity index (χ1) is 16.5. The van der Waals surface area contributed by atoms with Crippen LogP contribution in [0.3, 0.4) is 0 Å². The number of thiazole rings is 1. The average molecular weight is 507 g/mol. The summed E-state index contributed by atoms with van der Waals surface area (Å²) in [4.78, 5) is 22.0. The van der Waals surface area contributed by atoms with E-state index in [1.165, 1.54) is 23.1 Å². The number of nitrogens with zero attached hydrogens (tertiary/aromatic N) is 3. The summed E-state index contributed by atoms with van der Waals surface area (Å²) in [6, 6.07) is 20.5. The first-order valence-corrected chi connectivity index (χ1v) is 12.3. The van der Waals surface area contributed by atoms with Gasteiger partial charge in [-0.3, -0.25) is 4.79 Å². The number of thioether (sulfide) groups is 1. The zero-order valence-corrected chi connectivity index (χ0v) is 20.7. The van der Waals surface area contributed by atoms with Crippen LogP contribution in [0.2, 0.25) is 5.02 Å². The van der Waals surface area contributed by atoms with Gasteiger partial charge in [-0.1, -0.05) is 35.5 Å². The third-order valence-corrected chi connectivity index (χ3v) is 7.01. The van der Waals surface area contributed by atoms with Gasteiger partial charge in [0, 0.05) is 21.5 Å². The van der Waals surface area contributed by atoms with Crippen molar-refractivity contribution < 1.29 is 9.53 Å². The number of anilines is 1. The quantitative estimate of drug-likeness (QED) is 0.287. The van der Waals surface area contributed by atoms with Crippen LogP contribution in [-0.2, 0) is 4.79 Å². The minimum Gasteiger partial charge on any atom is -0.497 e. The SMILES string of the molecule is COc1ccc(-c2csc(NC(=O)C(C)Sc3nc(-c4ccc(Cl)cc4)ccc3C#N)n2)cc1. The lowest BCUT2D eigenvalue weighted by molar-refractivity contribution is -0.115. The molecule has 0 aliphatic rings. The molecular weight excluding hydrogens is 488 g/mol. The number of carbonyl (C=O) groups is 1. The molecule has 34 heavy (non-hydrogen) atoms. The number of pyridine rings is 1. The molecule has 0 saturated carbocycles. The highest BCUT2D eigenvalue weighted by Crippen LogP contribution is 2.31. The number of rotatable bonds is 7. The standard InChI is InChI=1S/C25H19ClN4O2S2/c1-15(23(31)30-25-29-22(14-33-25)17-5-10-20(32-2)11-6-17)34-24-18(13-27)7-12-21(28-24)16-3-8-19(26)9-4-16/h3-12,14-15H,1-2H3,(H,29,30,31). The van der Waals surface area contributed by atoms with E-state index >= 15 is 0 Å². The Bertz CT molecular complexity index is 1350. The molecule has 1 N–H and O–H groups in total. The third-order valence-electron chi connectivity index (χ3n) is 4.90. The number of carbonyl (C=O) groups excluding carboxylic acids is 1. The molecule has 0 spiro atoms. The molecule has 0 saturated heterocycles. The van der Waals surface area contributed by atoms with Crippen LogP contribution in [0.4, 0.5) is 5.13 Å². The average Bonchev–Trinajstić information content (AvgIpc) is 3.33. The summed E-state index contributed by atoms with van der Waals surface area (Å²) >= 11 is 8.56. The molecule has 2 aromatic heterocycles. The number of ether oxygens (including phenoxy) is 1. The lowest BCUT2D eigenvalue weighted by Crippen LogP contribution is -2.22. The Morgan fingerprint density at radius 3 is 2.41 bits per heavy atom. The molecule has 0 bridgehead atoms. The van der Waals surface area contributed by atoms with Crippen LogP contribution in [0.5, 0.6) is 5.75 Å². The molecule has 0 radical (unpaired) electrons. The highest BCUT2D eigenvalue weighted by Gasteiger charge is 2.19. The van der Waals surface area contributed by atoms with Crippen LogP contribution in [0.1, 0.15) is 12.5 Å². The van der Waals surface area contributed by atoms with Gasteiger partial charge in [0.2, 0.25) is 5.91 Å². The van der Waals surface area contributed by atoms with Gasteiger partial charge in [0.15, 0.2) is 5.13 Å². The lowest BCUT2D eigenvalue weighted by atomic mass is 10.1. The topological polar surface area (TPSA) is 87.9 Å². The minimum absolute atomic E-state index is 0.219. The zero-order valence-electron chi connectivity index (χ0n) is 18.3. The summed E-state index contributed by atoms with van der Waals surface area (Å²) in [5, 5.41) is 15.4. The summed E-state index contributed by atoms with van der Waals surface area (Å²) in [6.07, 6.45) is 0. The van der Waals surface area contributed by atoms with Crippen molar-refractivity contribution in [1.29, 1.82) is 5.26 Å². The Labute approximate surface area is 210 Å². The van der Waals surface area contributed by atoms with E-state index < -0.39 is 5.25 Å². The van der Waals surface area contributed by atoms with Crippen molar-refractivity contribution in [2.45, 2.75) is 17.2 Å². The molecular formula is C25H19ClN4O2S2. The number of nitrogens with one attached hydrogen (secondary N) is 1. The normalized spacial score (nSPS) is 11.5. The van der Waals surface area contributed by atoms with E-state index in [9.17, 15) is 10.1 Å². The molecule has 1 unspecified atom stereocenters. The molecule has 1 amide bonds. The molecule has 6 nitrogen and oxygen atoms in total. The molecule has 9 heteroatoms. The van der Waals surface area contributed by atoms with Crippen molar-refractivity contribution in [1.82, 2.24) is 9.97 Å². The highest BCUT2D eigenvalue weighted by molar-refractivity contribution is 8.00. The molecule has 2 aromatic carbocycles. The Morgan fingerprint density at radius 2 is 1.74 bits per heavy atom. The van der Waals surface area contributed by atoms with Gasteiger partial charge in [-0.25, -0.2) is 9.97 Å². The predicted molar refractivity (Wildman–Crippen MR) is 137 cm³/mol. The maximum Gasteiger partial charge on any atom is 0.239 e. The number of nitriles is 1. The number of hydrogen-bond donors (Lipinski definition) is 1. The van der Waals surface area contributed by atoms with Crippen molar-refractivity contribution in [2.24, 2.45) is 0 Å². The van der Waals surface area contributed by atoms with E-state index in [1.807, 2.05) is 41.8 Å². The van der Waals surface area contributed by atoms with Crippen LogP contribution < -0.4 is 10.1 Å². The second-order valence-corrected chi connectivity index (χ2v) is 9.81. The second kappa shape index (κ2) is 10.7. The monoisotopic (exact) mass is 506 g/mol. The lowest BCUT2D eigenvalue weighted by Gasteiger charge is -2.12. The van der Waals surface area contributed by atoms with Crippen molar-refractivity contribution >= 4 is 45.7 Å². The summed E-state index contributed by atoms with van der Waals surface area (Å²) in [7, 11) is 1.62. The smallest absolute Gasteiger partial charge is 0.239 e. The summed E-state index contributed by atoms with van der Waals surface area (Å²) in [6.45, 7) is 1.77. The van der Waals surface area contributed by atoms with Gasteiger partial charge in [-0.05, 0) is 55.5 Å². The number of halogens is 1. The minimum atomic E-state index is -0.492. The fraction of sp³-hybridized carbons (Fsp3) is 0.120. The molecule has 0 fully saturated rings.